The van der Waals surface area contributed by atoms with Gasteiger partial charge in [0.15, 0.2) is 23.1 Å². The third-order valence-corrected chi connectivity index (χ3v) is 3.91. The second-order valence-corrected chi connectivity index (χ2v) is 5.99. The van der Waals surface area contributed by atoms with E-state index in [2.05, 4.69) is 20.2 Å². The SMILES string of the molecule is CC(C)C(C(=O)O)n1cc2c(nc(N)n3nc(-c4ccco4)nc23)n1. The summed E-state index contributed by atoms with van der Waals surface area (Å²) in [5, 5.41) is 18.6. The zero-order valence-corrected chi connectivity index (χ0v) is 13.5. The number of aromatic nitrogens is 6. The highest BCUT2D eigenvalue weighted by Gasteiger charge is 2.26. The topological polar surface area (TPSA) is 137 Å². The van der Waals surface area contributed by atoms with Crippen LogP contribution in [0.2, 0.25) is 0 Å². The van der Waals surface area contributed by atoms with Gasteiger partial charge in [-0.1, -0.05) is 13.8 Å². The minimum atomic E-state index is -0.968. The molecule has 0 saturated carbocycles. The summed E-state index contributed by atoms with van der Waals surface area (Å²) < 4.78 is 8.08. The largest absolute Gasteiger partial charge is 0.480 e. The lowest BCUT2D eigenvalue weighted by Crippen LogP contribution is -2.24. The van der Waals surface area contributed by atoms with Gasteiger partial charge in [0.1, 0.15) is 0 Å². The van der Waals surface area contributed by atoms with Gasteiger partial charge in [0, 0.05) is 6.20 Å². The average Bonchev–Trinajstić information content (AvgIpc) is 3.24. The first kappa shape index (κ1) is 15.1. The maximum absolute atomic E-state index is 11.6. The normalized spacial score (nSPS) is 13.1. The molecule has 1 unspecified atom stereocenters. The first-order valence-electron chi connectivity index (χ1n) is 7.63. The van der Waals surface area contributed by atoms with E-state index in [4.69, 9.17) is 10.2 Å². The van der Waals surface area contributed by atoms with E-state index >= 15 is 0 Å². The van der Waals surface area contributed by atoms with E-state index in [0.717, 1.165) is 0 Å². The molecule has 0 aliphatic heterocycles. The lowest BCUT2D eigenvalue weighted by molar-refractivity contribution is -0.142. The Bertz CT molecular complexity index is 1080. The number of carboxylic acid groups (broad SMARTS) is 1. The zero-order valence-electron chi connectivity index (χ0n) is 13.5. The first-order chi connectivity index (χ1) is 12.0. The molecule has 0 fully saturated rings. The minimum Gasteiger partial charge on any atom is -0.480 e. The quantitative estimate of drug-likeness (QED) is 0.571. The number of hydrogen-bond acceptors (Lipinski definition) is 7. The number of fused-ring (bicyclic) bond motifs is 3. The molecule has 3 N–H and O–H groups in total. The number of nitrogens with two attached hydrogens (primary N) is 1. The number of rotatable bonds is 4. The smallest absolute Gasteiger partial charge is 0.328 e. The van der Waals surface area contributed by atoms with Crippen LogP contribution in [0.3, 0.4) is 0 Å². The molecular weight excluding hydrogens is 326 g/mol. The molecule has 0 aliphatic rings. The van der Waals surface area contributed by atoms with Crippen molar-refractivity contribution in [1.29, 1.82) is 0 Å². The molecule has 0 radical (unpaired) electrons. The second-order valence-electron chi connectivity index (χ2n) is 5.99. The van der Waals surface area contributed by atoms with Gasteiger partial charge in [-0.3, -0.25) is 4.68 Å². The van der Waals surface area contributed by atoms with Gasteiger partial charge in [-0.25, -0.2) is 9.78 Å². The number of hydrogen-bond donors (Lipinski definition) is 2. The number of carbonyl (C=O) groups is 1. The fourth-order valence-electron chi connectivity index (χ4n) is 2.78. The molecule has 1 atom stereocenters. The van der Waals surface area contributed by atoms with Crippen LogP contribution in [0.4, 0.5) is 5.95 Å². The van der Waals surface area contributed by atoms with Gasteiger partial charge in [-0.15, -0.1) is 5.10 Å². The van der Waals surface area contributed by atoms with Gasteiger partial charge in [0.05, 0.1) is 11.6 Å². The van der Waals surface area contributed by atoms with Crippen LogP contribution in [0.25, 0.3) is 28.3 Å². The van der Waals surface area contributed by atoms with E-state index in [0.29, 0.717) is 28.3 Å². The lowest BCUT2D eigenvalue weighted by Gasteiger charge is -2.15. The first-order valence-corrected chi connectivity index (χ1v) is 7.63. The fraction of sp³-hybridized carbons (Fsp3) is 0.267. The molecular formula is C15H15N7O3. The number of aliphatic carboxylic acids is 1. The van der Waals surface area contributed by atoms with Crippen LogP contribution in [0, 0.1) is 5.92 Å². The highest BCUT2D eigenvalue weighted by molar-refractivity contribution is 5.90. The van der Waals surface area contributed by atoms with E-state index in [1.54, 1.807) is 18.3 Å². The summed E-state index contributed by atoms with van der Waals surface area (Å²) in [6.45, 7) is 3.63. The van der Waals surface area contributed by atoms with Crippen molar-refractivity contribution in [2.45, 2.75) is 19.9 Å². The van der Waals surface area contributed by atoms with Gasteiger partial charge in [-0.05, 0) is 18.1 Å². The van der Waals surface area contributed by atoms with Crippen molar-refractivity contribution in [1.82, 2.24) is 29.4 Å². The molecule has 0 amide bonds. The maximum atomic E-state index is 11.6. The molecule has 4 aromatic rings. The van der Waals surface area contributed by atoms with Crippen LogP contribution >= 0.6 is 0 Å². The van der Waals surface area contributed by atoms with Crippen LogP contribution in [0.1, 0.15) is 19.9 Å². The summed E-state index contributed by atoms with van der Waals surface area (Å²) in [7, 11) is 0. The van der Waals surface area contributed by atoms with E-state index in [-0.39, 0.29) is 11.9 Å². The van der Waals surface area contributed by atoms with Gasteiger partial charge in [-0.2, -0.15) is 14.6 Å². The molecule has 0 aromatic carbocycles. The molecule has 0 bridgehead atoms. The maximum Gasteiger partial charge on any atom is 0.328 e. The van der Waals surface area contributed by atoms with E-state index in [1.165, 1.54) is 15.5 Å². The molecule has 10 heteroatoms. The van der Waals surface area contributed by atoms with Gasteiger partial charge >= 0.3 is 5.97 Å². The molecule has 0 saturated heterocycles. The molecule has 10 nitrogen and oxygen atoms in total. The van der Waals surface area contributed by atoms with Crippen LogP contribution < -0.4 is 5.73 Å². The molecule has 0 aliphatic carbocycles. The summed E-state index contributed by atoms with van der Waals surface area (Å²) in [6.07, 6.45) is 3.13. The zero-order chi connectivity index (χ0) is 17.7. The van der Waals surface area contributed by atoms with Crippen molar-refractivity contribution in [3.05, 3.63) is 24.6 Å². The average molecular weight is 341 g/mol. The summed E-state index contributed by atoms with van der Waals surface area (Å²) in [5.41, 5.74) is 6.70. The molecule has 0 spiro atoms. The summed E-state index contributed by atoms with van der Waals surface area (Å²) >= 11 is 0. The number of nitrogen functional groups attached to an aromatic ring is 1. The number of carboxylic acids is 1. The van der Waals surface area contributed by atoms with E-state index in [9.17, 15) is 9.90 Å². The van der Waals surface area contributed by atoms with E-state index in [1.807, 2.05) is 13.8 Å². The Morgan fingerprint density at radius 1 is 1.32 bits per heavy atom. The third-order valence-electron chi connectivity index (χ3n) is 3.91. The number of anilines is 1. The predicted octanol–water partition coefficient (Wildman–Crippen LogP) is 1.60. The Kier molecular flexibility index (Phi) is 3.20. The summed E-state index contributed by atoms with van der Waals surface area (Å²) in [6, 6.07) is 2.65. The lowest BCUT2D eigenvalue weighted by atomic mass is 10.1. The van der Waals surface area contributed by atoms with Crippen LogP contribution in [-0.4, -0.2) is 40.4 Å². The molecule has 4 aromatic heterocycles. The van der Waals surface area contributed by atoms with Crippen molar-refractivity contribution < 1.29 is 14.3 Å². The highest BCUT2D eigenvalue weighted by Crippen LogP contribution is 2.25. The Labute approximate surface area is 140 Å². The summed E-state index contributed by atoms with van der Waals surface area (Å²) in [4.78, 5) is 20.2. The van der Waals surface area contributed by atoms with Gasteiger partial charge in [0.25, 0.3) is 0 Å². The molecule has 128 valence electrons. The fourth-order valence-corrected chi connectivity index (χ4v) is 2.78. The standard InChI is InChI=1S/C15H15N7O3/c1-7(2)10(14(23)24)21-6-8-11(19-21)18-15(16)22-13(8)17-12(20-22)9-4-3-5-25-9/h3-7,10H,1-2H3,(H,23,24)(H2,16,18,19). The Morgan fingerprint density at radius 3 is 2.76 bits per heavy atom. The van der Waals surface area contributed by atoms with Gasteiger partial charge in [0.2, 0.25) is 11.8 Å². The second kappa shape index (κ2) is 5.30. The van der Waals surface area contributed by atoms with Crippen LogP contribution in [0.15, 0.2) is 29.0 Å². The Balaban J connectivity index is 1.95. The van der Waals surface area contributed by atoms with Crippen molar-refractivity contribution in [3.63, 3.8) is 0 Å². The number of furan rings is 1. The number of nitrogens with zero attached hydrogens (tertiary/aromatic N) is 6. The van der Waals surface area contributed by atoms with Crippen molar-refractivity contribution in [3.8, 4) is 11.6 Å². The molecule has 4 heterocycles. The predicted molar refractivity (Wildman–Crippen MR) is 87.7 cm³/mol. The minimum absolute atomic E-state index is 0.106. The summed E-state index contributed by atoms with van der Waals surface area (Å²) in [5.74, 6) is -0.164. The van der Waals surface area contributed by atoms with E-state index < -0.39 is 12.0 Å². The van der Waals surface area contributed by atoms with Crippen molar-refractivity contribution in [2.24, 2.45) is 5.92 Å². The van der Waals surface area contributed by atoms with Crippen LogP contribution in [-0.2, 0) is 4.79 Å². The van der Waals surface area contributed by atoms with Gasteiger partial charge < -0.3 is 15.3 Å². The van der Waals surface area contributed by atoms with Crippen molar-refractivity contribution >= 4 is 28.6 Å². The highest BCUT2D eigenvalue weighted by atomic mass is 16.4. The Morgan fingerprint density at radius 2 is 2.12 bits per heavy atom. The monoisotopic (exact) mass is 341 g/mol. The van der Waals surface area contributed by atoms with Crippen molar-refractivity contribution in [2.75, 3.05) is 5.73 Å². The molecule has 25 heavy (non-hydrogen) atoms. The van der Waals surface area contributed by atoms with Crippen LogP contribution in [0.5, 0.6) is 0 Å². The Hall–Kier alpha value is -3.43. The molecule has 4 rings (SSSR count). The third kappa shape index (κ3) is 2.30.